The Balaban J connectivity index is 3.82. The van der Waals surface area contributed by atoms with E-state index < -0.39 is 26.5 Å². The second-order valence-corrected chi connectivity index (χ2v) is 11.5. The molecule has 10 heteroatoms. The Morgan fingerprint density at radius 3 is 1.73 bits per heavy atom. The summed E-state index contributed by atoms with van der Waals surface area (Å²) >= 11 is 0. The molecule has 0 aromatic carbocycles. The first-order valence-corrected chi connectivity index (χ1v) is 15.7. The van der Waals surface area contributed by atoms with Crippen molar-refractivity contribution in [3.63, 3.8) is 0 Å². The molecule has 0 aliphatic carbocycles. The number of unbranched alkanes of at least 4 members (excludes halogenated alkanes) is 14. The van der Waals surface area contributed by atoms with Crippen LogP contribution in [0.2, 0.25) is 0 Å². The van der Waals surface area contributed by atoms with Crippen LogP contribution in [0.4, 0.5) is 0 Å². The van der Waals surface area contributed by atoms with E-state index in [-0.39, 0.29) is 25.6 Å². The summed E-state index contributed by atoms with van der Waals surface area (Å²) in [4.78, 5) is 34.9. The number of esters is 2. The fourth-order valence-corrected chi connectivity index (χ4v) is 4.54. The van der Waals surface area contributed by atoms with Gasteiger partial charge in [-0.15, -0.1) is 0 Å². The number of likely N-dealkylation sites (N-methyl/N-ethyl adjacent to an activating group) is 1. The van der Waals surface area contributed by atoms with Gasteiger partial charge in [0.25, 0.3) is 0 Å². The SMILES string of the molecule is CCCCCCCCCCCCCCCCCC(=O)OCC(COP(=O)(O)OCCN(C)C)OC(C)=O. The Bertz CT molecular complexity index is 617. The maximum atomic E-state index is 12.0. The molecular formula is C27H54NO8P. The number of phosphoric ester groups is 1. The second kappa shape index (κ2) is 24.1. The summed E-state index contributed by atoms with van der Waals surface area (Å²) in [6.07, 6.45) is 18.1. The molecule has 0 aromatic rings. The van der Waals surface area contributed by atoms with Crippen LogP contribution in [0, 0.1) is 0 Å². The summed E-state index contributed by atoms with van der Waals surface area (Å²) in [5.74, 6) is -0.991. The standard InChI is InChI=1S/C27H54NO8P/c1-5-6-7-8-9-10-11-12-13-14-15-16-17-18-19-20-27(30)33-23-26(36-25(2)29)24-35-37(31,32)34-22-21-28(3)4/h26H,5-24H2,1-4H3,(H,31,32). The van der Waals surface area contributed by atoms with E-state index >= 15 is 0 Å². The van der Waals surface area contributed by atoms with Crippen LogP contribution >= 0.6 is 7.82 Å². The van der Waals surface area contributed by atoms with Crippen LogP contribution in [-0.2, 0) is 32.7 Å². The van der Waals surface area contributed by atoms with E-state index in [1.165, 1.54) is 84.0 Å². The van der Waals surface area contributed by atoms with Gasteiger partial charge in [0, 0.05) is 19.9 Å². The molecule has 0 aliphatic heterocycles. The van der Waals surface area contributed by atoms with E-state index in [9.17, 15) is 19.0 Å². The predicted molar refractivity (Wildman–Crippen MR) is 146 cm³/mol. The van der Waals surface area contributed by atoms with E-state index in [1.807, 2.05) is 0 Å². The lowest BCUT2D eigenvalue weighted by atomic mass is 10.0. The number of hydrogen-bond acceptors (Lipinski definition) is 8. The molecule has 9 nitrogen and oxygen atoms in total. The van der Waals surface area contributed by atoms with Gasteiger partial charge in [0.1, 0.15) is 6.61 Å². The molecule has 0 aliphatic rings. The van der Waals surface area contributed by atoms with Crippen LogP contribution in [0.25, 0.3) is 0 Å². The van der Waals surface area contributed by atoms with Gasteiger partial charge < -0.3 is 19.3 Å². The van der Waals surface area contributed by atoms with Crippen LogP contribution in [-0.4, -0.2) is 68.3 Å². The Hall–Kier alpha value is -0.990. The summed E-state index contributed by atoms with van der Waals surface area (Å²) in [6, 6.07) is 0. The predicted octanol–water partition coefficient (Wildman–Crippen LogP) is 6.42. The van der Waals surface area contributed by atoms with Gasteiger partial charge >= 0.3 is 19.8 Å². The zero-order valence-corrected chi connectivity index (χ0v) is 24.8. The average molecular weight is 552 g/mol. The molecule has 37 heavy (non-hydrogen) atoms. The molecule has 220 valence electrons. The van der Waals surface area contributed by atoms with E-state index in [1.54, 1.807) is 19.0 Å². The lowest BCUT2D eigenvalue weighted by molar-refractivity contribution is -0.159. The number of phosphoric acid groups is 1. The molecule has 0 heterocycles. The second-order valence-electron chi connectivity index (χ2n) is 10.0. The van der Waals surface area contributed by atoms with Crippen LogP contribution in [0.15, 0.2) is 0 Å². The average Bonchev–Trinajstić information content (AvgIpc) is 2.82. The summed E-state index contributed by atoms with van der Waals surface area (Å²) in [5.41, 5.74) is 0. The minimum Gasteiger partial charge on any atom is -0.462 e. The van der Waals surface area contributed by atoms with Crippen molar-refractivity contribution < 1.29 is 37.6 Å². The highest BCUT2D eigenvalue weighted by Gasteiger charge is 2.25. The first-order valence-electron chi connectivity index (χ1n) is 14.3. The highest BCUT2D eigenvalue weighted by atomic mass is 31.2. The van der Waals surface area contributed by atoms with Gasteiger partial charge in [-0.2, -0.15) is 0 Å². The van der Waals surface area contributed by atoms with Crippen LogP contribution in [0.1, 0.15) is 117 Å². The fourth-order valence-electron chi connectivity index (χ4n) is 3.80. The van der Waals surface area contributed by atoms with Crippen LogP contribution in [0.3, 0.4) is 0 Å². The highest BCUT2D eigenvalue weighted by Crippen LogP contribution is 2.43. The normalized spacial score (nSPS) is 13.9. The molecule has 0 spiro atoms. The van der Waals surface area contributed by atoms with Crippen molar-refractivity contribution in [1.29, 1.82) is 0 Å². The largest absolute Gasteiger partial charge is 0.472 e. The molecule has 0 saturated heterocycles. The lowest BCUT2D eigenvalue weighted by Crippen LogP contribution is -2.29. The third-order valence-corrected chi connectivity index (χ3v) is 6.95. The maximum Gasteiger partial charge on any atom is 0.472 e. The first-order chi connectivity index (χ1) is 17.7. The Morgan fingerprint density at radius 2 is 1.27 bits per heavy atom. The molecule has 1 N–H and O–H groups in total. The lowest BCUT2D eigenvalue weighted by Gasteiger charge is -2.19. The minimum atomic E-state index is -4.30. The number of ether oxygens (including phenoxy) is 2. The molecule has 2 atom stereocenters. The van der Waals surface area contributed by atoms with E-state index in [0.29, 0.717) is 6.54 Å². The van der Waals surface area contributed by atoms with Crippen LogP contribution in [0.5, 0.6) is 0 Å². The van der Waals surface area contributed by atoms with E-state index in [4.69, 9.17) is 18.5 Å². The summed E-state index contributed by atoms with van der Waals surface area (Å²) in [5, 5.41) is 0. The van der Waals surface area contributed by atoms with Crippen molar-refractivity contribution in [2.75, 3.05) is 40.5 Å². The van der Waals surface area contributed by atoms with Gasteiger partial charge in [-0.1, -0.05) is 96.8 Å². The van der Waals surface area contributed by atoms with Crippen molar-refractivity contribution in [1.82, 2.24) is 4.90 Å². The molecule has 2 unspecified atom stereocenters. The Kier molecular flexibility index (Phi) is 23.4. The first kappa shape index (κ1) is 36.0. The Morgan fingerprint density at radius 1 is 0.784 bits per heavy atom. The zero-order chi connectivity index (χ0) is 27.8. The molecule has 0 bridgehead atoms. The topological polar surface area (TPSA) is 112 Å². The molecule has 0 fully saturated rings. The monoisotopic (exact) mass is 551 g/mol. The fraction of sp³-hybridized carbons (Fsp3) is 0.926. The van der Waals surface area contributed by atoms with Gasteiger partial charge in [0.05, 0.1) is 13.2 Å². The summed E-state index contributed by atoms with van der Waals surface area (Å²) in [7, 11) is -0.693. The number of carbonyl (C=O) groups excluding carboxylic acids is 2. The third-order valence-electron chi connectivity index (χ3n) is 5.96. The molecular weight excluding hydrogens is 497 g/mol. The minimum absolute atomic E-state index is 0.00719. The number of rotatable bonds is 26. The zero-order valence-electron chi connectivity index (χ0n) is 23.9. The van der Waals surface area contributed by atoms with Crippen molar-refractivity contribution in [3.8, 4) is 0 Å². The number of carbonyl (C=O) groups is 2. The number of nitrogens with zero attached hydrogens (tertiary/aromatic N) is 1. The molecule has 0 radical (unpaired) electrons. The molecule has 0 saturated carbocycles. The van der Waals surface area contributed by atoms with Crippen molar-refractivity contribution in [2.24, 2.45) is 0 Å². The van der Waals surface area contributed by atoms with Gasteiger partial charge in [0.2, 0.25) is 0 Å². The van der Waals surface area contributed by atoms with Crippen molar-refractivity contribution >= 4 is 19.8 Å². The summed E-state index contributed by atoms with van der Waals surface area (Å²) in [6.45, 7) is 3.25. The van der Waals surface area contributed by atoms with Crippen molar-refractivity contribution in [3.05, 3.63) is 0 Å². The smallest absolute Gasteiger partial charge is 0.462 e. The van der Waals surface area contributed by atoms with Gasteiger partial charge in [0.15, 0.2) is 6.10 Å². The molecule has 0 aromatic heterocycles. The summed E-state index contributed by atoms with van der Waals surface area (Å²) < 4.78 is 31.9. The van der Waals surface area contributed by atoms with E-state index in [2.05, 4.69) is 6.92 Å². The third kappa shape index (κ3) is 26.4. The van der Waals surface area contributed by atoms with Gasteiger partial charge in [-0.05, 0) is 20.5 Å². The van der Waals surface area contributed by atoms with Gasteiger partial charge in [-0.3, -0.25) is 18.6 Å². The van der Waals surface area contributed by atoms with Crippen LogP contribution < -0.4 is 0 Å². The molecule has 0 amide bonds. The quantitative estimate of drug-likeness (QED) is 0.0739. The Labute approximate surface area is 225 Å². The molecule has 0 rings (SSSR count). The highest BCUT2D eigenvalue weighted by molar-refractivity contribution is 7.47. The van der Waals surface area contributed by atoms with E-state index in [0.717, 1.165) is 19.3 Å². The van der Waals surface area contributed by atoms with Gasteiger partial charge in [-0.25, -0.2) is 4.57 Å². The maximum absolute atomic E-state index is 12.0. The number of hydrogen-bond donors (Lipinski definition) is 1. The van der Waals surface area contributed by atoms with Crippen molar-refractivity contribution in [2.45, 2.75) is 123 Å².